The summed E-state index contributed by atoms with van der Waals surface area (Å²) in [6, 6.07) is 20.8. The number of anilines is 2. The quantitative estimate of drug-likeness (QED) is 0.489. The van der Waals surface area contributed by atoms with Gasteiger partial charge in [-0.1, -0.05) is 30.3 Å². The van der Waals surface area contributed by atoms with Gasteiger partial charge in [0.2, 0.25) is 0 Å². The highest BCUT2D eigenvalue weighted by Gasteiger charge is 2.07. The van der Waals surface area contributed by atoms with Crippen molar-refractivity contribution in [2.75, 3.05) is 17.2 Å². The van der Waals surface area contributed by atoms with E-state index < -0.39 is 0 Å². The van der Waals surface area contributed by atoms with Crippen LogP contribution in [0.5, 0.6) is 0 Å². The fraction of sp³-hybridized carbons (Fsp3) is 0.136. The molecule has 6 nitrogen and oxygen atoms in total. The summed E-state index contributed by atoms with van der Waals surface area (Å²) in [7, 11) is 0. The van der Waals surface area contributed by atoms with Crippen LogP contribution in [0, 0.1) is 0 Å². The Kier molecular flexibility index (Phi) is 5.58. The number of rotatable bonds is 8. The molecule has 6 heteroatoms. The van der Waals surface area contributed by atoms with Crippen LogP contribution in [0.15, 0.2) is 85.7 Å². The van der Waals surface area contributed by atoms with E-state index in [4.69, 9.17) is 0 Å². The standard InChI is InChI=1S/C22H22N6/c1-2-4-18(5-3-1)15-26-20-6-7-22(25-12-13-28-17-24-16-27-28)21(14-20)19-8-10-23-11-9-19/h1-11,14,16-17,25-26H,12-13,15H2. The zero-order valence-corrected chi connectivity index (χ0v) is 15.5. The summed E-state index contributed by atoms with van der Waals surface area (Å²) in [6.07, 6.45) is 6.91. The highest BCUT2D eigenvalue weighted by Crippen LogP contribution is 2.30. The van der Waals surface area contributed by atoms with Gasteiger partial charge >= 0.3 is 0 Å². The molecule has 140 valence electrons. The molecule has 0 aliphatic rings. The van der Waals surface area contributed by atoms with Crippen LogP contribution < -0.4 is 10.6 Å². The van der Waals surface area contributed by atoms with Crippen molar-refractivity contribution in [1.29, 1.82) is 0 Å². The summed E-state index contributed by atoms with van der Waals surface area (Å²) in [5.41, 5.74) is 5.68. The molecule has 0 unspecified atom stereocenters. The van der Waals surface area contributed by atoms with Gasteiger partial charge < -0.3 is 10.6 Å². The van der Waals surface area contributed by atoms with Gasteiger partial charge in [0.05, 0.1) is 6.54 Å². The van der Waals surface area contributed by atoms with Crippen molar-refractivity contribution in [3.05, 3.63) is 91.3 Å². The lowest BCUT2D eigenvalue weighted by Gasteiger charge is -2.15. The van der Waals surface area contributed by atoms with Gasteiger partial charge in [0.25, 0.3) is 0 Å². The van der Waals surface area contributed by atoms with Gasteiger partial charge in [-0.25, -0.2) is 4.98 Å². The minimum Gasteiger partial charge on any atom is -0.383 e. The van der Waals surface area contributed by atoms with Gasteiger partial charge in [0.1, 0.15) is 12.7 Å². The normalized spacial score (nSPS) is 10.6. The molecule has 0 atom stereocenters. The van der Waals surface area contributed by atoms with E-state index in [1.54, 1.807) is 12.7 Å². The average molecular weight is 370 g/mol. The van der Waals surface area contributed by atoms with Gasteiger partial charge in [-0.05, 0) is 41.5 Å². The lowest BCUT2D eigenvalue weighted by molar-refractivity contribution is 0.636. The van der Waals surface area contributed by atoms with Crippen molar-refractivity contribution < 1.29 is 0 Å². The third kappa shape index (κ3) is 4.54. The molecule has 2 N–H and O–H groups in total. The Bertz CT molecular complexity index is 984. The first kappa shape index (κ1) is 17.7. The SMILES string of the molecule is c1ccc(CNc2ccc(NCCn3cncn3)c(-c3ccncc3)c2)cc1. The first-order valence-corrected chi connectivity index (χ1v) is 9.27. The summed E-state index contributed by atoms with van der Waals surface area (Å²) in [5, 5.41) is 11.2. The van der Waals surface area contributed by atoms with E-state index in [0.29, 0.717) is 0 Å². The van der Waals surface area contributed by atoms with E-state index in [9.17, 15) is 0 Å². The maximum absolute atomic E-state index is 4.14. The first-order chi connectivity index (χ1) is 13.9. The second kappa shape index (κ2) is 8.81. The van der Waals surface area contributed by atoms with Gasteiger partial charge in [-0.15, -0.1) is 0 Å². The zero-order valence-electron chi connectivity index (χ0n) is 15.5. The number of aromatic nitrogens is 4. The molecule has 0 saturated heterocycles. The third-order valence-electron chi connectivity index (χ3n) is 4.47. The Morgan fingerprint density at radius 1 is 0.857 bits per heavy atom. The van der Waals surface area contributed by atoms with Crippen molar-refractivity contribution in [2.45, 2.75) is 13.1 Å². The molecule has 0 fully saturated rings. The summed E-state index contributed by atoms with van der Waals surface area (Å²) in [4.78, 5) is 8.12. The van der Waals surface area contributed by atoms with Gasteiger partial charge in [-0.2, -0.15) is 5.10 Å². The number of nitrogens with zero attached hydrogens (tertiary/aromatic N) is 4. The number of pyridine rings is 1. The predicted octanol–water partition coefficient (Wildman–Crippen LogP) is 4.06. The smallest absolute Gasteiger partial charge is 0.137 e. The zero-order chi connectivity index (χ0) is 19.0. The summed E-state index contributed by atoms with van der Waals surface area (Å²) < 4.78 is 1.81. The molecule has 0 bridgehead atoms. The van der Waals surface area contributed by atoms with Crippen LogP contribution >= 0.6 is 0 Å². The lowest BCUT2D eigenvalue weighted by Crippen LogP contribution is -2.11. The molecule has 0 spiro atoms. The second-order valence-electron chi connectivity index (χ2n) is 6.42. The molecular formula is C22H22N6. The van der Waals surface area contributed by atoms with Gasteiger partial charge in [0.15, 0.2) is 0 Å². The lowest BCUT2D eigenvalue weighted by atomic mass is 10.0. The largest absolute Gasteiger partial charge is 0.383 e. The summed E-state index contributed by atoms with van der Waals surface area (Å²) in [5.74, 6) is 0. The van der Waals surface area contributed by atoms with Crippen LogP contribution in [0.1, 0.15) is 5.56 Å². The number of benzene rings is 2. The number of nitrogens with one attached hydrogen (secondary N) is 2. The van der Waals surface area contributed by atoms with E-state index in [1.165, 1.54) is 5.56 Å². The van der Waals surface area contributed by atoms with Crippen molar-refractivity contribution in [3.63, 3.8) is 0 Å². The van der Waals surface area contributed by atoms with Crippen LogP contribution in [0.4, 0.5) is 11.4 Å². The molecule has 28 heavy (non-hydrogen) atoms. The van der Waals surface area contributed by atoms with Crippen LogP contribution in [0.25, 0.3) is 11.1 Å². The molecule has 4 aromatic rings. The molecular weight excluding hydrogens is 348 g/mol. The van der Waals surface area contributed by atoms with Crippen molar-refractivity contribution in [3.8, 4) is 11.1 Å². The van der Waals surface area contributed by atoms with E-state index in [2.05, 4.69) is 68.2 Å². The van der Waals surface area contributed by atoms with Crippen molar-refractivity contribution in [1.82, 2.24) is 19.7 Å². The monoisotopic (exact) mass is 370 g/mol. The van der Waals surface area contributed by atoms with Crippen LogP contribution in [-0.4, -0.2) is 26.3 Å². The van der Waals surface area contributed by atoms with E-state index in [1.807, 2.05) is 35.3 Å². The molecule has 2 heterocycles. The maximum atomic E-state index is 4.14. The highest BCUT2D eigenvalue weighted by atomic mass is 15.3. The van der Waals surface area contributed by atoms with Crippen LogP contribution in [0.2, 0.25) is 0 Å². The first-order valence-electron chi connectivity index (χ1n) is 9.27. The second-order valence-corrected chi connectivity index (χ2v) is 6.42. The highest BCUT2D eigenvalue weighted by molar-refractivity contribution is 5.81. The summed E-state index contributed by atoms with van der Waals surface area (Å²) in [6.45, 7) is 2.30. The Morgan fingerprint density at radius 2 is 1.71 bits per heavy atom. The van der Waals surface area contributed by atoms with Gasteiger partial charge in [0, 0.05) is 42.4 Å². The van der Waals surface area contributed by atoms with Gasteiger partial charge in [-0.3, -0.25) is 9.67 Å². The molecule has 2 aromatic heterocycles. The Labute approximate surface area is 164 Å². The molecule has 0 aliphatic heterocycles. The Morgan fingerprint density at radius 3 is 2.50 bits per heavy atom. The Balaban J connectivity index is 1.51. The van der Waals surface area contributed by atoms with Crippen LogP contribution in [-0.2, 0) is 13.1 Å². The fourth-order valence-electron chi connectivity index (χ4n) is 3.03. The maximum Gasteiger partial charge on any atom is 0.137 e. The molecule has 2 aromatic carbocycles. The molecule has 0 radical (unpaired) electrons. The van der Waals surface area contributed by atoms with Crippen LogP contribution in [0.3, 0.4) is 0 Å². The number of hydrogen-bond acceptors (Lipinski definition) is 5. The van der Waals surface area contributed by atoms with E-state index in [-0.39, 0.29) is 0 Å². The molecule has 0 saturated carbocycles. The average Bonchev–Trinajstić information content (AvgIpc) is 3.28. The third-order valence-corrected chi connectivity index (χ3v) is 4.47. The topological polar surface area (TPSA) is 67.7 Å². The minimum absolute atomic E-state index is 0.754. The molecule has 0 aliphatic carbocycles. The van der Waals surface area contributed by atoms with Crippen molar-refractivity contribution in [2.24, 2.45) is 0 Å². The minimum atomic E-state index is 0.754. The number of hydrogen-bond donors (Lipinski definition) is 2. The predicted molar refractivity (Wildman–Crippen MR) is 112 cm³/mol. The summed E-state index contributed by atoms with van der Waals surface area (Å²) >= 11 is 0. The van der Waals surface area contributed by atoms with E-state index in [0.717, 1.165) is 42.1 Å². The Hall–Kier alpha value is -3.67. The molecule has 4 rings (SSSR count). The van der Waals surface area contributed by atoms with Crippen molar-refractivity contribution >= 4 is 11.4 Å². The van der Waals surface area contributed by atoms with E-state index >= 15 is 0 Å². The fourth-order valence-corrected chi connectivity index (χ4v) is 3.03. The molecule has 0 amide bonds.